The second kappa shape index (κ2) is 13.6. The van der Waals surface area contributed by atoms with Crippen molar-refractivity contribution < 1.29 is 4.74 Å². The molecule has 5 nitrogen and oxygen atoms in total. The van der Waals surface area contributed by atoms with Crippen LogP contribution in [0.3, 0.4) is 0 Å². The number of aliphatic imine (C=N–C) groups is 1. The summed E-state index contributed by atoms with van der Waals surface area (Å²) in [6, 6.07) is 17.1. The molecule has 0 amide bonds. The molecule has 0 saturated carbocycles. The number of likely N-dealkylation sites (tertiary alicyclic amines) is 1. The third-order valence-corrected chi connectivity index (χ3v) is 5.68. The van der Waals surface area contributed by atoms with Gasteiger partial charge in [-0.3, -0.25) is 4.99 Å². The first-order chi connectivity index (χ1) is 14.7. The van der Waals surface area contributed by atoms with Crippen LogP contribution < -0.4 is 15.4 Å². The van der Waals surface area contributed by atoms with Gasteiger partial charge in [-0.2, -0.15) is 0 Å². The number of nitrogens with one attached hydrogen (secondary N) is 2. The number of aryl methyl sites for hydroxylation is 1. The number of benzene rings is 2. The minimum absolute atomic E-state index is 0. The highest BCUT2D eigenvalue weighted by Crippen LogP contribution is 2.20. The van der Waals surface area contributed by atoms with E-state index >= 15 is 0 Å². The van der Waals surface area contributed by atoms with E-state index in [1.807, 2.05) is 14.0 Å². The summed E-state index contributed by atoms with van der Waals surface area (Å²) < 4.78 is 5.79. The Balaban J connectivity index is 0.00000341. The largest absolute Gasteiger partial charge is 0.494 e. The van der Waals surface area contributed by atoms with Gasteiger partial charge in [0.25, 0.3) is 0 Å². The summed E-state index contributed by atoms with van der Waals surface area (Å²) in [5, 5.41) is 6.94. The van der Waals surface area contributed by atoms with E-state index < -0.39 is 0 Å². The molecule has 1 heterocycles. The zero-order valence-electron chi connectivity index (χ0n) is 19.1. The van der Waals surface area contributed by atoms with Crippen molar-refractivity contribution in [1.29, 1.82) is 0 Å². The van der Waals surface area contributed by atoms with E-state index in [4.69, 9.17) is 4.74 Å². The van der Waals surface area contributed by atoms with Gasteiger partial charge in [0, 0.05) is 38.8 Å². The predicted octanol–water partition coefficient (Wildman–Crippen LogP) is 4.24. The highest BCUT2D eigenvalue weighted by Gasteiger charge is 2.22. The van der Waals surface area contributed by atoms with Crippen LogP contribution in [-0.4, -0.2) is 50.7 Å². The first-order valence-corrected chi connectivity index (χ1v) is 11.1. The van der Waals surface area contributed by atoms with Crippen LogP contribution in [0.4, 0.5) is 0 Å². The smallest absolute Gasteiger partial charge is 0.191 e. The van der Waals surface area contributed by atoms with Crippen molar-refractivity contribution in [3.8, 4) is 5.75 Å². The molecule has 0 radical (unpaired) electrons. The molecule has 1 aliphatic rings. The third-order valence-electron chi connectivity index (χ3n) is 5.68. The fourth-order valence-corrected chi connectivity index (χ4v) is 3.95. The van der Waals surface area contributed by atoms with Crippen molar-refractivity contribution in [2.24, 2.45) is 10.9 Å². The van der Waals surface area contributed by atoms with E-state index in [9.17, 15) is 0 Å². The molecule has 2 aromatic rings. The van der Waals surface area contributed by atoms with Gasteiger partial charge in [-0.15, -0.1) is 24.0 Å². The summed E-state index contributed by atoms with van der Waals surface area (Å²) in [4.78, 5) is 6.97. The van der Waals surface area contributed by atoms with Gasteiger partial charge < -0.3 is 20.3 Å². The topological polar surface area (TPSA) is 48.9 Å². The summed E-state index contributed by atoms with van der Waals surface area (Å²) in [6.45, 7) is 9.91. The SMILES string of the molecule is CCOc1cc(C)ccc1CNC(=NC)NCC1CCN(CCc2ccccc2)C1.I. The Hall–Kier alpha value is -1.80. The van der Waals surface area contributed by atoms with Gasteiger partial charge in [-0.05, 0) is 56.3 Å². The number of ether oxygens (including phenoxy) is 1. The van der Waals surface area contributed by atoms with Gasteiger partial charge in [0.15, 0.2) is 5.96 Å². The first-order valence-electron chi connectivity index (χ1n) is 11.1. The maximum atomic E-state index is 5.79. The molecular weight excluding hydrogens is 499 g/mol. The number of hydrogen-bond donors (Lipinski definition) is 2. The lowest BCUT2D eigenvalue weighted by molar-refractivity contribution is 0.328. The Morgan fingerprint density at radius 2 is 1.97 bits per heavy atom. The van der Waals surface area contributed by atoms with Crippen molar-refractivity contribution in [2.45, 2.75) is 33.2 Å². The van der Waals surface area contributed by atoms with E-state index in [1.54, 1.807) is 0 Å². The van der Waals surface area contributed by atoms with Crippen LogP contribution in [0.5, 0.6) is 5.75 Å². The van der Waals surface area contributed by atoms with E-state index in [0.717, 1.165) is 43.3 Å². The first kappa shape index (κ1) is 25.5. The molecule has 1 unspecified atom stereocenters. The Morgan fingerprint density at radius 3 is 2.71 bits per heavy atom. The molecule has 2 N–H and O–H groups in total. The van der Waals surface area contributed by atoms with Crippen molar-refractivity contribution in [3.63, 3.8) is 0 Å². The standard InChI is InChI=1S/C25H36N4O.HI/c1-4-30-24-16-20(2)10-11-23(24)18-28-25(26-3)27-17-22-13-15-29(19-22)14-12-21-8-6-5-7-9-21;/h5-11,16,22H,4,12-15,17-19H2,1-3H3,(H2,26,27,28);1H. The van der Waals surface area contributed by atoms with Crippen molar-refractivity contribution in [3.05, 3.63) is 65.2 Å². The second-order valence-corrected chi connectivity index (χ2v) is 8.04. The Kier molecular flexibility index (Phi) is 11.2. The molecule has 0 aromatic heterocycles. The average Bonchev–Trinajstić information content (AvgIpc) is 3.22. The number of nitrogens with zero attached hydrogens (tertiary/aromatic N) is 2. The Bertz CT molecular complexity index is 812. The van der Waals surface area contributed by atoms with E-state index in [2.05, 4.69) is 76.0 Å². The molecule has 0 spiro atoms. The van der Waals surface area contributed by atoms with Crippen molar-refractivity contribution >= 4 is 29.9 Å². The molecule has 6 heteroatoms. The number of rotatable bonds is 9. The summed E-state index contributed by atoms with van der Waals surface area (Å²) in [6.07, 6.45) is 2.37. The maximum Gasteiger partial charge on any atom is 0.191 e. The predicted molar refractivity (Wildman–Crippen MR) is 141 cm³/mol. The minimum atomic E-state index is 0. The van der Waals surface area contributed by atoms with Gasteiger partial charge >= 0.3 is 0 Å². The fraction of sp³-hybridized carbons (Fsp3) is 0.480. The zero-order valence-corrected chi connectivity index (χ0v) is 21.4. The van der Waals surface area contributed by atoms with Crippen LogP contribution in [0.15, 0.2) is 53.5 Å². The van der Waals surface area contributed by atoms with Crippen LogP contribution in [0, 0.1) is 12.8 Å². The fourth-order valence-electron chi connectivity index (χ4n) is 3.95. The van der Waals surface area contributed by atoms with Gasteiger partial charge in [-0.25, -0.2) is 0 Å². The quantitative estimate of drug-likeness (QED) is 0.286. The van der Waals surface area contributed by atoms with Crippen LogP contribution in [-0.2, 0) is 13.0 Å². The summed E-state index contributed by atoms with van der Waals surface area (Å²) in [7, 11) is 1.83. The average molecular weight is 537 g/mol. The molecule has 31 heavy (non-hydrogen) atoms. The molecule has 3 rings (SSSR count). The van der Waals surface area contributed by atoms with Crippen LogP contribution in [0.2, 0.25) is 0 Å². The zero-order chi connectivity index (χ0) is 21.2. The molecule has 1 aliphatic heterocycles. The molecule has 1 saturated heterocycles. The lowest BCUT2D eigenvalue weighted by atomic mass is 10.1. The van der Waals surface area contributed by atoms with Crippen molar-refractivity contribution in [1.82, 2.24) is 15.5 Å². The number of halogens is 1. The van der Waals surface area contributed by atoms with Gasteiger partial charge in [0.05, 0.1) is 6.61 Å². The Labute approximate surface area is 204 Å². The van der Waals surface area contributed by atoms with Gasteiger partial charge in [0.2, 0.25) is 0 Å². The number of hydrogen-bond acceptors (Lipinski definition) is 3. The molecule has 0 aliphatic carbocycles. The maximum absolute atomic E-state index is 5.79. The lowest BCUT2D eigenvalue weighted by Crippen LogP contribution is -2.40. The summed E-state index contributed by atoms with van der Waals surface area (Å²) >= 11 is 0. The highest BCUT2D eigenvalue weighted by molar-refractivity contribution is 14.0. The van der Waals surface area contributed by atoms with Crippen LogP contribution in [0.25, 0.3) is 0 Å². The molecule has 170 valence electrons. The molecule has 1 fully saturated rings. The molecular formula is C25H37IN4O. The Morgan fingerprint density at radius 1 is 1.16 bits per heavy atom. The van der Waals surface area contributed by atoms with Gasteiger partial charge in [0.1, 0.15) is 5.75 Å². The van der Waals surface area contributed by atoms with E-state index in [1.165, 1.54) is 24.1 Å². The van der Waals surface area contributed by atoms with Crippen LogP contribution in [0.1, 0.15) is 30.0 Å². The van der Waals surface area contributed by atoms with Crippen molar-refractivity contribution in [2.75, 3.05) is 39.8 Å². The molecule has 0 bridgehead atoms. The third kappa shape index (κ3) is 8.33. The molecule has 2 aromatic carbocycles. The second-order valence-electron chi connectivity index (χ2n) is 8.04. The summed E-state index contributed by atoms with van der Waals surface area (Å²) in [5.74, 6) is 2.46. The highest BCUT2D eigenvalue weighted by atomic mass is 127. The monoisotopic (exact) mass is 536 g/mol. The molecule has 1 atom stereocenters. The summed E-state index contributed by atoms with van der Waals surface area (Å²) in [5.41, 5.74) is 3.78. The number of guanidine groups is 1. The van der Waals surface area contributed by atoms with Gasteiger partial charge in [-0.1, -0.05) is 42.5 Å². The normalized spacial score (nSPS) is 16.6. The van der Waals surface area contributed by atoms with E-state index in [-0.39, 0.29) is 24.0 Å². The van der Waals surface area contributed by atoms with Crippen LogP contribution >= 0.6 is 24.0 Å². The minimum Gasteiger partial charge on any atom is -0.494 e. The lowest BCUT2D eigenvalue weighted by Gasteiger charge is -2.18. The van der Waals surface area contributed by atoms with E-state index in [0.29, 0.717) is 19.1 Å².